The Bertz CT molecular complexity index is 351. The van der Waals surface area contributed by atoms with Crippen LogP contribution >= 0.6 is 0 Å². The van der Waals surface area contributed by atoms with Gasteiger partial charge in [0, 0.05) is 25.7 Å². The van der Waals surface area contributed by atoms with Crippen molar-refractivity contribution in [2.45, 2.75) is 39.5 Å². The van der Waals surface area contributed by atoms with Crippen LogP contribution in [0.3, 0.4) is 0 Å². The van der Waals surface area contributed by atoms with Crippen molar-refractivity contribution in [1.82, 2.24) is 20.5 Å². The Morgan fingerprint density at radius 2 is 2.35 bits per heavy atom. The minimum absolute atomic E-state index is 0.211. The average molecular weight is 239 g/mol. The highest BCUT2D eigenvalue weighted by Crippen LogP contribution is 2.10. The number of hydrogen-bond acceptors (Lipinski definition) is 5. The van der Waals surface area contributed by atoms with Gasteiger partial charge in [-0.15, -0.1) is 5.10 Å². The fourth-order valence-electron chi connectivity index (χ4n) is 1.85. The lowest BCUT2D eigenvalue weighted by atomic mass is 10.2. The Labute approximate surface area is 102 Å². The second-order valence-corrected chi connectivity index (χ2v) is 4.74. The predicted octanol–water partition coefficient (Wildman–Crippen LogP) is 0.528. The van der Waals surface area contributed by atoms with Gasteiger partial charge in [0.15, 0.2) is 5.82 Å². The van der Waals surface area contributed by atoms with E-state index in [2.05, 4.69) is 32.3 Å². The lowest BCUT2D eigenvalue weighted by Crippen LogP contribution is -2.49. The van der Waals surface area contributed by atoms with Crippen molar-refractivity contribution in [3.8, 4) is 0 Å². The fraction of sp³-hybridized carbons (Fsp3) is 0.818. The smallest absolute Gasteiger partial charge is 0.244 e. The molecule has 2 heterocycles. The number of nitrogens with one attached hydrogen (secondary N) is 2. The zero-order chi connectivity index (χ0) is 12.3. The van der Waals surface area contributed by atoms with Crippen molar-refractivity contribution in [1.29, 1.82) is 0 Å². The standard InChI is InChI=1S/C11H21N5O/c1-8(2)17-7-10-13-11(15-14-10)16-5-4-12-9(3)6-16/h8-9,12H,4-7H2,1-3H3,(H,13,14,15)/t9-/m1/s1. The molecule has 96 valence electrons. The molecule has 1 saturated heterocycles. The number of aromatic amines is 1. The third-order valence-electron chi connectivity index (χ3n) is 2.72. The molecule has 0 aliphatic carbocycles. The number of rotatable bonds is 4. The summed E-state index contributed by atoms with van der Waals surface area (Å²) >= 11 is 0. The van der Waals surface area contributed by atoms with E-state index in [1.165, 1.54) is 0 Å². The third kappa shape index (κ3) is 3.41. The van der Waals surface area contributed by atoms with Crippen LogP contribution in [0.5, 0.6) is 0 Å². The lowest BCUT2D eigenvalue weighted by molar-refractivity contribution is 0.0615. The topological polar surface area (TPSA) is 66.1 Å². The molecule has 0 unspecified atom stereocenters. The number of hydrogen-bond donors (Lipinski definition) is 2. The predicted molar refractivity (Wildman–Crippen MR) is 66.0 cm³/mol. The van der Waals surface area contributed by atoms with Gasteiger partial charge >= 0.3 is 0 Å². The van der Waals surface area contributed by atoms with Crippen molar-refractivity contribution in [2.75, 3.05) is 24.5 Å². The first-order valence-electron chi connectivity index (χ1n) is 6.16. The first-order chi connectivity index (χ1) is 8.15. The highest BCUT2D eigenvalue weighted by atomic mass is 16.5. The molecule has 2 rings (SSSR count). The molecule has 1 atom stereocenters. The van der Waals surface area contributed by atoms with Gasteiger partial charge in [-0.2, -0.15) is 4.98 Å². The van der Waals surface area contributed by atoms with E-state index < -0.39 is 0 Å². The molecule has 0 amide bonds. The van der Waals surface area contributed by atoms with Crippen molar-refractivity contribution in [3.05, 3.63) is 5.82 Å². The van der Waals surface area contributed by atoms with E-state index in [9.17, 15) is 0 Å². The molecule has 0 radical (unpaired) electrons. The Hall–Kier alpha value is -1.14. The Kier molecular flexibility index (Phi) is 3.96. The van der Waals surface area contributed by atoms with Gasteiger partial charge in [-0.1, -0.05) is 0 Å². The van der Waals surface area contributed by atoms with Crippen LogP contribution in [-0.4, -0.2) is 47.0 Å². The van der Waals surface area contributed by atoms with Gasteiger partial charge in [-0.05, 0) is 20.8 Å². The fourth-order valence-corrected chi connectivity index (χ4v) is 1.85. The molecule has 0 saturated carbocycles. The quantitative estimate of drug-likeness (QED) is 0.802. The second-order valence-electron chi connectivity index (χ2n) is 4.74. The first kappa shape index (κ1) is 12.3. The van der Waals surface area contributed by atoms with Gasteiger partial charge < -0.3 is 15.0 Å². The van der Waals surface area contributed by atoms with Gasteiger partial charge in [0.2, 0.25) is 5.95 Å². The molecule has 1 fully saturated rings. The molecule has 2 N–H and O–H groups in total. The summed E-state index contributed by atoms with van der Waals surface area (Å²) in [6.07, 6.45) is 0.211. The summed E-state index contributed by atoms with van der Waals surface area (Å²) < 4.78 is 5.49. The summed E-state index contributed by atoms with van der Waals surface area (Å²) in [5.74, 6) is 1.57. The van der Waals surface area contributed by atoms with Crippen LogP contribution in [0.15, 0.2) is 0 Å². The first-order valence-corrected chi connectivity index (χ1v) is 6.16. The zero-order valence-corrected chi connectivity index (χ0v) is 10.7. The molecule has 6 heteroatoms. The number of piperazine rings is 1. The minimum atomic E-state index is 0.211. The van der Waals surface area contributed by atoms with Crippen LogP contribution in [0.2, 0.25) is 0 Å². The highest BCUT2D eigenvalue weighted by Gasteiger charge is 2.19. The maximum atomic E-state index is 5.49. The summed E-state index contributed by atoms with van der Waals surface area (Å²) in [5.41, 5.74) is 0. The Morgan fingerprint density at radius 1 is 1.53 bits per heavy atom. The van der Waals surface area contributed by atoms with Crippen LogP contribution in [0, 0.1) is 0 Å². The molecule has 1 aliphatic heterocycles. The van der Waals surface area contributed by atoms with Crippen LogP contribution in [0.4, 0.5) is 5.95 Å². The molecule has 0 spiro atoms. The summed E-state index contributed by atoms with van der Waals surface area (Å²) in [7, 11) is 0. The number of H-pyrrole nitrogens is 1. The Balaban J connectivity index is 1.92. The number of anilines is 1. The molecule has 17 heavy (non-hydrogen) atoms. The van der Waals surface area contributed by atoms with Gasteiger partial charge in [0.05, 0.1) is 6.10 Å². The summed E-state index contributed by atoms with van der Waals surface area (Å²) in [5, 5.41) is 10.6. The van der Waals surface area contributed by atoms with Crippen LogP contribution in [0.25, 0.3) is 0 Å². The van der Waals surface area contributed by atoms with E-state index >= 15 is 0 Å². The lowest BCUT2D eigenvalue weighted by Gasteiger charge is -2.30. The third-order valence-corrected chi connectivity index (χ3v) is 2.72. The van der Waals surface area contributed by atoms with Gasteiger partial charge in [-0.25, -0.2) is 0 Å². The van der Waals surface area contributed by atoms with Crippen molar-refractivity contribution in [3.63, 3.8) is 0 Å². The molecule has 1 aliphatic rings. The molecular weight excluding hydrogens is 218 g/mol. The van der Waals surface area contributed by atoms with E-state index in [1.807, 2.05) is 13.8 Å². The van der Waals surface area contributed by atoms with E-state index in [-0.39, 0.29) is 6.10 Å². The largest absolute Gasteiger partial charge is 0.371 e. The molecular formula is C11H21N5O. The van der Waals surface area contributed by atoms with Crippen molar-refractivity contribution in [2.24, 2.45) is 0 Å². The molecule has 1 aromatic rings. The van der Waals surface area contributed by atoms with Crippen molar-refractivity contribution >= 4 is 5.95 Å². The summed E-state index contributed by atoms with van der Waals surface area (Å²) in [6, 6.07) is 0.484. The van der Waals surface area contributed by atoms with Gasteiger partial charge in [0.25, 0.3) is 0 Å². The van der Waals surface area contributed by atoms with Crippen LogP contribution in [0.1, 0.15) is 26.6 Å². The van der Waals surface area contributed by atoms with Gasteiger partial charge in [-0.3, -0.25) is 5.10 Å². The molecule has 1 aromatic heterocycles. The van der Waals surface area contributed by atoms with Crippen molar-refractivity contribution < 1.29 is 4.74 Å². The minimum Gasteiger partial charge on any atom is -0.371 e. The van der Waals surface area contributed by atoms with Gasteiger partial charge in [0.1, 0.15) is 6.61 Å². The van der Waals surface area contributed by atoms with E-state index in [0.717, 1.165) is 31.4 Å². The summed E-state index contributed by atoms with van der Waals surface area (Å²) in [6.45, 7) is 9.56. The zero-order valence-electron chi connectivity index (χ0n) is 10.7. The molecule has 6 nitrogen and oxygen atoms in total. The van der Waals surface area contributed by atoms with Crippen LogP contribution < -0.4 is 10.2 Å². The maximum absolute atomic E-state index is 5.49. The summed E-state index contributed by atoms with van der Waals surface area (Å²) in [4.78, 5) is 6.64. The number of aromatic nitrogens is 3. The molecule has 0 aromatic carbocycles. The SMILES string of the molecule is CC(C)OCc1nc(N2CCN[C@H](C)C2)n[nH]1. The normalized spacial score (nSPS) is 21.2. The van der Waals surface area contributed by atoms with Crippen LogP contribution in [-0.2, 0) is 11.3 Å². The van der Waals surface area contributed by atoms with E-state index in [0.29, 0.717) is 12.6 Å². The van der Waals surface area contributed by atoms with E-state index in [4.69, 9.17) is 4.74 Å². The Morgan fingerprint density at radius 3 is 3.06 bits per heavy atom. The number of ether oxygens (including phenoxy) is 1. The number of nitrogens with zero attached hydrogens (tertiary/aromatic N) is 3. The molecule has 0 bridgehead atoms. The highest BCUT2D eigenvalue weighted by molar-refractivity contribution is 5.29. The monoisotopic (exact) mass is 239 g/mol. The maximum Gasteiger partial charge on any atom is 0.244 e. The van der Waals surface area contributed by atoms with E-state index in [1.54, 1.807) is 0 Å². The average Bonchev–Trinajstić information content (AvgIpc) is 2.75. The second kappa shape index (κ2) is 5.46.